The van der Waals surface area contributed by atoms with Gasteiger partial charge in [-0.2, -0.15) is 4.98 Å². The Balaban J connectivity index is 1.67. The van der Waals surface area contributed by atoms with Crippen LogP contribution in [0.25, 0.3) is 11.0 Å². The molecular weight excluding hydrogens is 286 g/mol. The van der Waals surface area contributed by atoms with Crippen LogP contribution in [0.2, 0.25) is 0 Å². The Morgan fingerprint density at radius 1 is 1.22 bits per heavy atom. The summed E-state index contributed by atoms with van der Waals surface area (Å²) in [6.07, 6.45) is 3.35. The summed E-state index contributed by atoms with van der Waals surface area (Å²) in [5, 5.41) is 3.48. The van der Waals surface area contributed by atoms with E-state index in [0.717, 1.165) is 41.8 Å². The minimum atomic E-state index is 0.321. The Hall–Kier alpha value is -2.56. The third kappa shape index (κ3) is 2.86. The molecule has 3 N–H and O–H groups in total. The standard InChI is InChI=1S/C18H21N5/c1-12-9-14(12)10-20-17-16-15(21-18(19)22-17)7-8-23(16)11-13-5-3-2-4-6-13/h2-8,12,14H,9-11H2,1H3,(H3,19,20,21,22). The SMILES string of the molecule is CC1CC1CNc1nc(N)nc2ccn(Cc3ccccc3)c12. The van der Waals surface area contributed by atoms with Crippen molar-refractivity contribution in [2.45, 2.75) is 19.9 Å². The molecule has 2 aromatic heterocycles. The predicted molar refractivity (Wildman–Crippen MR) is 93.2 cm³/mol. The van der Waals surface area contributed by atoms with Crippen molar-refractivity contribution in [2.24, 2.45) is 11.8 Å². The van der Waals surface area contributed by atoms with E-state index in [9.17, 15) is 0 Å². The summed E-state index contributed by atoms with van der Waals surface area (Å²) in [6.45, 7) is 4.03. The van der Waals surface area contributed by atoms with Gasteiger partial charge in [0.2, 0.25) is 5.95 Å². The molecule has 0 bridgehead atoms. The van der Waals surface area contributed by atoms with Crippen LogP contribution in [0.1, 0.15) is 18.9 Å². The maximum absolute atomic E-state index is 5.86. The number of rotatable bonds is 5. The van der Waals surface area contributed by atoms with Gasteiger partial charge in [0, 0.05) is 19.3 Å². The van der Waals surface area contributed by atoms with E-state index in [1.807, 2.05) is 12.1 Å². The summed E-state index contributed by atoms with van der Waals surface area (Å²) >= 11 is 0. The lowest BCUT2D eigenvalue weighted by atomic mass is 10.2. The number of nitrogens with zero attached hydrogens (tertiary/aromatic N) is 3. The first-order valence-electron chi connectivity index (χ1n) is 8.11. The maximum Gasteiger partial charge on any atom is 0.222 e. The number of nitrogens with two attached hydrogens (primary N) is 1. The van der Waals surface area contributed by atoms with Gasteiger partial charge in [0.1, 0.15) is 5.52 Å². The molecule has 3 aromatic rings. The second kappa shape index (κ2) is 5.57. The average Bonchev–Trinajstić information content (AvgIpc) is 3.11. The van der Waals surface area contributed by atoms with Crippen LogP contribution in [0, 0.1) is 11.8 Å². The molecule has 0 aliphatic heterocycles. The normalized spacial score (nSPS) is 19.9. The number of hydrogen-bond donors (Lipinski definition) is 2. The highest BCUT2D eigenvalue weighted by atomic mass is 15.1. The molecule has 2 atom stereocenters. The fourth-order valence-electron chi connectivity index (χ4n) is 3.07. The van der Waals surface area contributed by atoms with Gasteiger partial charge in [-0.3, -0.25) is 0 Å². The lowest BCUT2D eigenvalue weighted by Crippen LogP contribution is -2.10. The highest BCUT2D eigenvalue weighted by Gasteiger charge is 2.32. The van der Waals surface area contributed by atoms with Crippen LogP contribution in [0.4, 0.5) is 11.8 Å². The molecule has 23 heavy (non-hydrogen) atoms. The van der Waals surface area contributed by atoms with E-state index in [1.54, 1.807) is 0 Å². The van der Waals surface area contributed by atoms with Crippen molar-refractivity contribution in [3.63, 3.8) is 0 Å². The maximum atomic E-state index is 5.86. The summed E-state index contributed by atoms with van der Waals surface area (Å²) in [4.78, 5) is 8.80. The zero-order valence-electron chi connectivity index (χ0n) is 13.2. The Kier molecular flexibility index (Phi) is 3.41. The molecule has 1 aliphatic carbocycles. The average molecular weight is 307 g/mol. The van der Waals surface area contributed by atoms with Gasteiger partial charge in [0.25, 0.3) is 0 Å². The Labute approximate surface area is 135 Å². The van der Waals surface area contributed by atoms with Gasteiger partial charge in [0.05, 0.1) is 5.52 Å². The van der Waals surface area contributed by atoms with Crippen molar-refractivity contribution in [3.05, 3.63) is 48.2 Å². The molecule has 2 unspecified atom stereocenters. The lowest BCUT2D eigenvalue weighted by molar-refractivity contribution is 0.782. The van der Waals surface area contributed by atoms with Gasteiger partial charge < -0.3 is 15.6 Å². The zero-order chi connectivity index (χ0) is 15.8. The molecule has 0 spiro atoms. The van der Waals surface area contributed by atoms with Gasteiger partial charge in [-0.25, -0.2) is 4.98 Å². The minimum Gasteiger partial charge on any atom is -0.368 e. The van der Waals surface area contributed by atoms with Crippen molar-refractivity contribution in [1.82, 2.24) is 14.5 Å². The number of nitrogen functional groups attached to an aromatic ring is 1. The van der Waals surface area contributed by atoms with Crippen LogP contribution in [0.5, 0.6) is 0 Å². The van der Waals surface area contributed by atoms with E-state index in [-0.39, 0.29) is 0 Å². The largest absolute Gasteiger partial charge is 0.368 e. The van der Waals surface area contributed by atoms with E-state index in [2.05, 4.69) is 57.2 Å². The Morgan fingerprint density at radius 3 is 2.74 bits per heavy atom. The topological polar surface area (TPSA) is 68.8 Å². The molecule has 118 valence electrons. The molecule has 5 heteroatoms. The molecule has 0 amide bonds. The fraction of sp³-hybridized carbons (Fsp3) is 0.333. The van der Waals surface area contributed by atoms with Crippen LogP contribution in [0.3, 0.4) is 0 Å². The first-order chi connectivity index (χ1) is 11.2. The number of fused-ring (bicyclic) bond motifs is 1. The summed E-state index contributed by atoms with van der Waals surface area (Å²) in [5.74, 6) is 2.72. The van der Waals surface area contributed by atoms with Crippen LogP contribution in [-0.2, 0) is 6.54 Å². The van der Waals surface area contributed by atoms with Gasteiger partial charge in [-0.1, -0.05) is 37.3 Å². The summed E-state index contributed by atoms with van der Waals surface area (Å²) in [6, 6.07) is 12.4. The third-order valence-corrected chi connectivity index (χ3v) is 4.63. The van der Waals surface area contributed by atoms with Gasteiger partial charge in [-0.05, 0) is 29.9 Å². The minimum absolute atomic E-state index is 0.321. The molecule has 0 radical (unpaired) electrons. The molecule has 0 saturated heterocycles. The smallest absolute Gasteiger partial charge is 0.222 e. The molecule has 1 aromatic carbocycles. The molecule has 1 aliphatic rings. The second-order valence-electron chi connectivity index (χ2n) is 6.45. The molecule has 2 heterocycles. The van der Waals surface area contributed by atoms with Crippen LogP contribution in [0.15, 0.2) is 42.6 Å². The van der Waals surface area contributed by atoms with Gasteiger partial charge in [-0.15, -0.1) is 0 Å². The number of anilines is 2. The Morgan fingerprint density at radius 2 is 2.00 bits per heavy atom. The van der Waals surface area contributed by atoms with Gasteiger partial charge in [0.15, 0.2) is 5.82 Å². The van der Waals surface area contributed by atoms with Crippen molar-refractivity contribution in [1.29, 1.82) is 0 Å². The number of benzene rings is 1. The highest BCUT2D eigenvalue weighted by molar-refractivity contribution is 5.87. The molecular formula is C18H21N5. The van der Waals surface area contributed by atoms with E-state index in [1.165, 1.54) is 12.0 Å². The number of aromatic nitrogens is 3. The van der Waals surface area contributed by atoms with Crippen molar-refractivity contribution in [2.75, 3.05) is 17.6 Å². The second-order valence-corrected chi connectivity index (χ2v) is 6.45. The first kappa shape index (κ1) is 14.1. The number of hydrogen-bond acceptors (Lipinski definition) is 4. The van der Waals surface area contributed by atoms with E-state index >= 15 is 0 Å². The van der Waals surface area contributed by atoms with Crippen LogP contribution in [-0.4, -0.2) is 21.1 Å². The van der Waals surface area contributed by atoms with Gasteiger partial charge >= 0.3 is 0 Å². The summed E-state index contributed by atoms with van der Waals surface area (Å²) in [5.41, 5.74) is 9.03. The quantitative estimate of drug-likeness (QED) is 0.760. The van der Waals surface area contributed by atoms with Crippen molar-refractivity contribution < 1.29 is 0 Å². The monoisotopic (exact) mass is 307 g/mol. The third-order valence-electron chi connectivity index (χ3n) is 4.63. The Bertz CT molecular complexity index is 824. The van der Waals surface area contributed by atoms with E-state index in [0.29, 0.717) is 5.95 Å². The first-order valence-corrected chi connectivity index (χ1v) is 8.11. The molecule has 4 rings (SSSR count). The van der Waals surface area contributed by atoms with Crippen molar-refractivity contribution in [3.8, 4) is 0 Å². The fourth-order valence-corrected chi connectivity index (χ4v) is 3.07. The van der Waals surface area contributed by atoms with Crippen molar-refractivity contribution >= 4 is 22.8 Å². The highest BCUT2D eigenvalue weighted by Crippen LogP contribution is 2.37. The summed E-state index contributed by atoms with van der Waals surface area (Å²) in [7, 11) is 0. The lowest BCUT2D eigenvalue weighted by Gasteiger charge is -2.11. The van der Waals surface area contributed by atoms with Crippen LogP contribution >= 0.6 is 0 Å². The zero-order valence-corrected chi connectivity index (χ0v) is 13.2. The molecule has 1 fully saturated rings. The molecule has 5 nitrogen and oxygen atoms in total. The van der Waals surface area contributed by atoms with E-state index < -0.39 is 0 Å². The summed E-state index contributed by atoms with van der Waals surface area (Å²) < 4.78 is 2.18. The predicted octanol–water partition coefficient (Wildman–Crippen LogP) is 3.13. The van der Waals surface area contributed by atoms with Crippen LogP contribution < -0.4 is 11.1 Å². The molecule has 1 saturated carbocycles. The van der Waals surface area contributed by atoms with E-state index in [4.69, 9.17) is 5.73 Å². The number of nitrogens with one attached hydrogen (secondary N) is 1.